The minimum absolute atomic E-state index is 0.0564. The second-order valence-electron chi connectivity index (χ2n) is 10.4. The number of pyridine rings is 2. The number of nitrogens with zero attached hydrogens (tertiary/aromatic N) is 3. The summed E-state index contributed by atoms with van der Waals surface area (Å²) in [6, 6.07) is 3.89. The normalized spacial score (nSPS) is 16.9. The van der Waals surface area contributed by atoms with Crippen molar-refractivity contribution in [2.45, 2.75) is 65.1 Å². The highest BCUT2D eigenvalue weighted by atomic mass is 16.5. The highest BCUT2D eigenvalue weighted by molar-refractivity contribution is 5.81. The van der Waals surface area contributed by atoms with Crippen LogP contribution in [0.3, 0.4) is 0 Å². The second kappa shape index (κ2) is 11.7. The van der Waals surface area contributed by atoms with Gasteiger partial charge in [0.25, 0.3) is 5.56 Å². The molecular formula is C27H38N4O5. The largest absolute Gasteiger partial charge is 0.469 e. The molecule has 1 amide bonds. The van der Waals surface area contributed by atoms with Crippen molar-refractivity contribution in [2.75, 3.05) is 31.7 Å². The van der Waals surface area contributed by atoms with Crippen molar-refractivity contribution in [3.63, 3.8) is 0 Å². The lowest BCUT2D eigenvalue weighted by Crippen LogP contribution is -2.48. The van der Waals surface area contributed by atoms with Crippen LogP contribution in [0, 0.1) is 12.8 Å². The van der Waals surface area contributed by atoms with Crippen molar-refractivity contribution in [3.05, 3.63) is 58.3 Å². The van der Waals surface area contributed by atoms with Gasteiger partial charge in [0, 0.05) is 31.5 Å². The van der Waals surface area contributed by atoms with Crippen molar-refractivity contribution in [1.29, 1.82) is 0 Å². The molecule has 36 heavy (non-hydrogen) atoms. The molecule has 2 atom stereocenters. The average Bonchev–Trinajstić information content (AvgIpc) is 2.81. The number of amides is 1. The number of aryl methyl sites for hydroxylation is 1. The van der Waals surface area contributed by atoms with E-state index in [1.807, 2.05) is 46.8 Å². The summed E-state index contributed by atoms with van der Waals surface area (Å²) in [7, 11) is 1.32. The molecule has 2 unspecified atom stereocenters. The van der Waals surface area contributed by atoms with Gasteiger partial charge in [-0.25, -0.2) is 0 Å². The highest BCUT2D eigenvalue weighted by Gasteiger charge is 2.30. The van der Waals surface area contributed by atoms with E-state index in [2.05, 4.69) is 15.2 Å². The number of methoxy groups -OCH3 is 1. The summed E-state index contributed by atoms with van der Waals surface area (Å²) < 4.78 is 12.2. The summed E-state index contributed by atoms with van der Waals surface area (Å²) in [6.45, 7) is 11.9. The predicted molar refractivity (Wildman–Crippen MR) is 138 cm³/mol. The quantitative estimate of drug-likeness (QED) is 0.530. The standard InChI is InChI=1S/C27H38N4O5/c1-18(2)11-23(31-8-7-19(3)12-24(31)32)26(34)29-22(14-25(33)35-6)20-13-21(16-28-15-20)30-9-10-36-27(4,5)17-30/h7-8,12-13,15-16,18,22-23H,9-11,14,17H2,1-6H3,(H,29,34). The molecule has 2 aromatic rings. The number of hydrogen-bond acceptors (Lipinski definition) is 7. The maximum Gasteiger partial charge on any atom is 0.307 e. The molecule has 1 saturated heterocycles. The molecule has 0 saturated carbocycles. The number of hydrogen-bond donors (Lipinski definition) is 1. The topological polar surface area (TPSA) is 103 Å². The minimum Gasteiger partial charge on any atom is -0.469 e. The fourth-order valence-corrected chi connectivity index (χ4v) is 4.46. The SMILES string of the molecule is COC(=O)CC(NC(=O)C(CC(C)C)n1ccc(C)cc1=O)c1cncc(N2CCOC(C)(C)C2)c1. The van der Waals surface area contributed by atoms with Crippen LogP contribution in [-0.2, 0) is 19.1 Å². The summed E-state index contributed by atoms with van der Waals surface area (Å²) in [6.07, 6.45) is 5.50. The average molecular weight is 499 g/mol. The zero-order chi connectivity index (χ0) is 26.5. The Morgan fingerprint density at radius 3 is 2.64 bits per heavy atom. The van der Waals surface area contributed by atoms with Crippen molar-refractivity contribution >= 4 is 17.6 Å². The van der Waals surface area contributed by atoms with Gasteiger partial charge < -0.3 is 24.3 Å². The number of carbonyl (C=O) groups excluding carboxylic acids is 2. The lowest BCUT2D eigenvalue weighted by Gasteiger charge is -2.39. The molecule has 3 heterocycles. The number of carbonyl (C=O) groups is 2. The van der Waals surface area contributed by atoms with E-state index in [9.17, 15) is 14.4 Å². The fourth-order valence-electron chi connectivity index (χ4n) is 4.46. The van der Waals surface area contributed by atoms with E-state index in [-0.39, 0.29) is 29.4 Å². The zero-order valence-corrected chi connectivity index (χ0v) is 22.1. The number of aromatic nitrogens is 2. The van der Waals surface area contributed by atoms with Crippen molar-refractivity contribution < 1.29 is 19.1 Å². The number of rotatable bonds is 9. The Kier molecular flexibility index (Phi) is 8.89. The van der Waals surface area contributed by atoms with E-state index < -0.39 is 18.1 Å². The molecule has 0 spiro atoms. The molecule has 1 aliphatic rings. The van der Waals surface area contributed by atoms with Crippen LogP contribution in [0.2, 0.25) is 0 Å². The summed E-state index contributed by atoms with van der Waals surface area (Å²) in [5, 5.41) is 3.01. The first-order chi connectivity index (χ1) is 17.0. The third-order valence-corrected chi connectivity index (χ3v) is 6.29. The summed E-state index contributed by atoms with van der Waals surface area (Å²) in [5.41, 5.74) is 1.88. The third kappa shape index (κ3) is 7.16. The molecule has 0 aliphatic carbocycles. The lowest BCUT2D eigenvalue weighted by molar-refractivity contribution is -0.141. The van der Waals surface area contributed by atoms with E-state index in [1.54, 1.807) is 18.6 Å². The van der Waals surface area contributed by atoms with Crippen LogP contribution < -0.4 is 15.8 Å². The Balaban J connectivity index is 1.91. The molecule has 196 valence electrons. The molecule has 1 N–H and O–H groups in total. The zero-order valence-electron chi connectivity index (χ0n) is 22.1. The van der Waals surface area contributed by atoms with Crippen LogP contribution in [0.15, 0.2) is 41.6 Å². The molecule has 0 bridgehead atoms. The first-order valence-electron chi connectivity index (χ1n) is 12.4. The molecule has 1 fully saturated rings. The molecule has 9 nitrogen and oxygen atoms in total. The number of ether oxygens (including phenoxy) is 2. The number of morpholine rings is 1. The monoisotopic (exact) mass is 498 g/mol. The van der Waals surface area contributed by atoms with E-state index in [1.165, 1.54) is 17.7 Å². The van der Waals surface area contributed by atoms with Gasteiger partial charge in [0.1, 0.15) is 6.04 Å². The molecule has 9 heteroatoms. The Hall–Kier alpha value is -3.20. The molecule has 0 aromatic carbocycles. The van der Waals surface area contributed by atoms with Gasteiger partial charge in [0.05, 0.1) is 43.7 Å². The number of esters is 1. The Morgan fingerprint density at radius 1 is 1.25 bits per heavy atom. The maximum atomic E-state index is 13.6. The Bertz CT molecular complexity index is 1130. The van der Waals surface area contributed by atoms with Crippen molar-refractivity contribution in [1.82, 2.24) is 14.9 Å². The van der Waals surface area contributed by atoms with Gasteiger partial charge in [-0.05, 0) is 56.4 Å². The van der Waals surface area contributed by atoms with Crippen LogP contribution in [0.4, 0.5) is 5.69 Å². The van der Waals surface area contributed by atoms with Crippen molar-refractivity contribution in [3.8, 4) is 0 Å². The number of nitrogens with one attached hydrogen (secondary N) is 1. The van der Waals surface area contributed by atoms with Crippen molar-refractivity contribution in [2.24, 2.45) is 5.92 Å². The molecule has 3 rings (SSSR count). The molecule has 2 aromatic heterocycles. The van der Waals surface area contributed by atoms with E-state index in [0.29, 0.717) is 25.1 Å². The predicted octanol–water partition coefficient (Wildman–Crippen LogP) is 3.17. The minimum atomic E-state index is -0.713. The van der Waals surface area contributed by atoms with Crippen LogP contribution in [0.25, 0.3) is 0 Å². The van der Waals surface area contributed by atoms with Crippen LogP contribution in [-0.4, -0.2) is 53.8 Å². The molecule has 0 radical (unpaired) electrons. The van der Waals surface area contributed by atoms with Gasteiger partial charge in [0.15, 0.2) is 0 Å². The van der Waals surface area contributed by atoms with Crippen LogP contribution in [0.5, 0.6) is 0 Å². The summed E-state index contributed by atoms with van der Waals surface area (Å²) in [5.74, 6) is -0.615. The first kappa shape index (κ1) is 27.4. The first-order valence-corrected chi connectivity index (χ1v) is 12.4. The molecular weight excluding hydrogens is 460 g/mol. The Morgan fingerprint density at radius 2 is 2.00 bits per heavy atom. The maximum absolute atomic E-state index is 13.6. The lowest BCUT2D eigenvalue weighted by atomic mass is 10.00. The Labute approximate surface area is 212 Å². The number of anilines is 1. The van der Waals surface area contributed by atoms with Gasteiger partial charge in [-0.1, -0.05) is 13.8 Å². The van der Waals surface area contributed by atoms with Gasteiger partial charge in [-0.3, -0.25) is 19.4 Å². The fraction of sp³-hybridized carbons (Fsp3) is 0.556. The van der Waals surface area contributed by atoms with E-state index in [0.717, 1.165) is 17.8 Å². The van der Waals surface area contributed by atoms with Gasteiger partial charge >= 0.3 is 5.97 Å². The van der Waals surface area contributed by atoms with Gasteiger partial charge in [-0.2, -0.15) is 0 Å². The third-order valence-electron chi connectivity index (χ3n) is 6.29. The smallest absolute Gasteiger partial charge is 0.307 e. The van der Waals surface area contributed by atoms with Gasteiger partial charge in [-0.15, -0.1) is 0 Å². The summed E-state index contributed by atoms with van der Waals surface area (Å²) in [4.78, 5) is 45.1. The summed E-state index contributed by atoms with van der Waals surface area (Å²) >= 11 is 0. The van der Waals surface area contributed by atoms with E-state index >= 15 is 0 Å². The molecule has 1 aliphatic heterocycles. The van der Waals surface area contributed by atoms with Gasteiger partial charge in [0.2, 0.25) is 5.91 Å². The van der Waals surface area contributed by atoms with Crippen LogP contribution in [0.1, 0.15) is 63.7 Å². The second-order valence-corrected chi connectivity index (χ2v) is 10.4. The van der Waals surface area contributed by atoms with Crippen LogP contribution >= 0.6 is 0 Å². The van der Waals surface area contributed by atoms with E-state index in [4.69, 9.17) is 9.47 Å². The highest BCUT2D eigenvalue weighted by Crippen LogP contribution is 2.27.